The first kappa shape index (κ1) is 17.8. The van der Waals surface area contributed by atoms with Crippen molar-refractivity contribution in [2.75, 3.05) is 20.2 Å². The molecule has 1 N–H and O–H groups in total. The molecule has 25 heavy (non-hydrogen) atoms. The van der Waals surface area contributed by atoms with Gasteiger partial charge in [0.15, 0.2) is 0 Å². The number of rotatable bonds is 7. The molecule has 5 heteroatoms. The summed E-state index contributed by atoms with van der Waals surface area (Å²) in [5, 5.41) is 4.25. The Morgan fingerprint density at radius 3 is 2.72 bits per heavy atom. The highest BCUT2D eigenvalue weighted by Crippen LogP contribution is 2.24. The average molecular weight is 359 g/mol. The van der Waals surface area contributed by atoms with Crippen LogP contribution in [0.2, 0.25) is 5.02 Å². The van der Waals surface area contributed by atoms with Crippen LogP contribution in [0.1, 0.15) is 30.0 Å². The molecule has 1 aliphatic rings. The largest absolute Gasteiger partial charge is 0.496 e. The maximum Gasteiger partial charge on any atom is 0.222 e. The number of halogens is 1. The molecule has 132 valence electrons. The molecule has 0 saturated carbocycles. The summed E-state index contributed by atoms with van der Waals surface area (Å²) in [6.45, 7) is 2.13. The van der Waals surface area contributed by atoms with Crippen LogP contribution in [0.15, 0.2) is 48.5 Å². The van der Waals surface area contributed by atoms with Crippen molar-refractivity contribution in [1.29, 1.82) is 0 Å². The smallest absolute Gasteiger partial charge is 0.222 e. The van der Waals surface area contributed by atoms with Gasteiger partial charge in [-0.2, -0.15) is 0 Å². The second kappa shape index (κ2) is 8.37. The van der Waals surface area contributed by atoms with Gasteiger partial charge in [0.1, 0.15) is 5.75 Å². The fraction of sp³-hybridized carbons (Fsp3) is 0.350. The molecule has 0 bridgehead atoms. The van der Waals surface area contributed by atoms with Crippen molar-refractivity contribution in [3.05, 3.63) is 64.7 Å². The number of amides is 1. The highest BCUT2D eigenvalue weighted by Gasteiger charge is 2.24. The van der Waals surface area contributed by atoms with E-state index in [9.17, 15) is 4.79 Å². The molecule has 0 aliphatic carbocycles. The molecule has 0 spiro atoms. The minimum Gasteiger partial charge on any atom is -0.496 e. The summed E-state index contributed by atoms with van der Waals surface area (Å²) in [5.41, 5.74) is 2.17. The van der Waals surface area contributed by atoms with Crippen molar-refractivity contribution in [2.24, 2.45) is 0 Å². The van der Waals surface area contributed by atoms with Crippen LogP contribution in [0.4, 0.5) is 0 Å². The standard InChI is InChI=1S/C20H23ClN2O2/c1-25-19-10-9-17(21)12-16(19)13-22-18(15-6-3-2-4-7-15)14-23-11-5-8-20(23)24/h2-4,6-7,9-10,12,18,22H,5,8,11,13-14H2,1H3. The van der Waals surface area contributed by atoms with Gasteiger partial charge in [-0.25, -0.2) is 0 Å². The third-order valence-electron chi connectivity index (χ3n) is 4.56. The molecule has 0 aromatic heterocycles. The van der Waals surface area contributed by atoms with E-state index in [2.05, 4.69) is 17.4 Å². The van der Waals surface area contributed by atoms with Gasteiger partial charge in [-0.3, -0.25) is 4.79 Å². The van der Waals surface area contributed by atoms with E-state index in [1.54, 1.807) is 7.11 Å². The van der Waals surface area contributed by atoms with Crippen LogP contribution >= 0.6 is 11.6 Å². The van der Waals surface area contributed by atoms with Gasteiger partial charge in [-0.1, -0.05) is 41.9 Å². The quantitative estimate of drug-likeness (QED) is 0.818. The predicted molar refractivity (Wildman–Crippen MR) is 99.8 cm³/mol. The number of benzene rings is 2. The Balaban J connectivity index is 1.76. The Hall–Kier alpha value is -2.04. The summed E-state index contributed by atoms with van der Waals surface area (Å²) in [6, 6.07) is 15.9. The first-order chi connectivity index (χ1) is 12.2. The molecule has 1 aliphatic heterocycles. The van der Waals surface area contributed by atoms with E-state index in [4.69, 9.17) is 16.3 Å². The maximum absolute atomic E-state index is 12.0. The van der Waals surface area contributed by atoms with Crippen LogP contribution in [0.3, 0.4) is 0 Å². The van der Waals surface area contributed by atoms with Crippen molar-refractivity contribution in [3.8, 4) is 5.75 Å². The third kappa shape index (κ3) is 4.53. The van der Waals surface area contributed by atoms with Gasteiger partial charge >= 0.3 is 0 Å². The summed E-state index contributed by atoms with van der Waals surface area (Å²) in [7, 11) is 1.66. The third-order valence-corrected chi connectivity index (χ3v) is 4.79. The van der Waals surface area contributed by atoms with Crippen LogP contribution < -0.4 is 10.1 Å². The van der Waals surface area contributed by atoms with E-state index in [1.807, 2.05) is 41.3 Å². The Morgan fingerprint density at radius 1 is 1.24 bits per heavy atom. The Morgan fingerprint density at radius 2 is 2.04 bits per heavy atom. The number of ether oxygens (including phenoxy) is 1. The Kier molecular flexibility index (Phi) is 5.95. The number of nitrogens with one attached hydrogen (secondary N) is 1. The van der Waals surface area contributed by atoms with Gasteiger partial charge in [0, 0.05) is 36.6 Å². The molecular weight excluding hydrogens is 336 g/mol. The molecule has 1 fully saturated rings. The van der Waals surface area contributed by atoms with E-state index in [0.717, 1.165) is 24.3 Å². The van der Waals surface area contributed by atoms with E-state index >= 15 is 0 Å². The number of likely N-dealkylation sites (tertiary alicyclic amines) is 1. The van der Waals surface area contributed by atoms with Gasteiger partial charge in [0.2, 0.25) is 5.91 Å². The second-order valence-corrected chi connectivity index (χ2v) is 6.68. The summed E-state index contributed by atoms with van der Waals surface area (Å²) in [6.07, 6.45) is 1.60. The fourth-order valence-corrected chi connectivity index (χ4v) is 3.40. The van der Waals surface area contributed by atoms with Crippen molar-refractivity contribution in [1.82, 2.24) is 10.2 Å². The SMILES string of the molecule is COc1ccc(Cl)cc1CNC(CN1CCCC1=O)c1ccccc1. The van der Waals surface area contributed by atoms with Gasteiger partial charge in [-0.05, 0) is 30.2 Å². The normalized spacial score (nSPS) is 15.4. The van der Waals surface area contributed by atoms with Crippen LogP contribution in [-0.4, -0.2) is 31.0 Å². The average Bonchev–Trinajstić information content (AvgIpc) is 3.04. The lowest BCUT2D eigenvalue weighted by Crippen LogP contribution is -2.35. The predicted octanol–water partition coefficient (Wildman–Crippen LogP) is 3.80. The molecule has 1 saturated heterocycles. The second-order valence-electron chi connectivity index (χ2n) is 6.24. The molecule has 1 heterocycles. The zero-order chi connectivity index (χ0) is 17.6. The molecule has 2 aromatic carbocycles. The molecule has 2 aromatic rings. The fourth-order valence-electron chi connectivity index (χ4n) is 3.21. The highest BCUT2D eigenvalue weighted by molar-refractivity contribution is 6.30. The molecule has 4 nitrogen and oxygen atoms in total. The molecular formula is C20H23ClN2O2. The van der Waals surface area contributed by atoms with Gasteiger partial charge in [0.25, 0.3) is 0 Å². The van der Waals surface area contributed by atoms with Gasteiger partial charge < -0.3 is 15.0 Å². The van der Waals surface area contributed by atoms with Gasteiger partial charge in [0.05, 0.1) is 13.2 Å². The van der Waals surface area contributed by atoms with Crippen molar-refractivity contribution < 1.29 is 9.53 Å². The molecule has 1 unspecified atom stereocenters. The lowest BCUT2D eigenvalue weighted by atomic mass is 10.1. The van der Waals surface area contributed by atoms with Crippen LogP contribution in [0, 0.1) is 0 Å². The zero-order valence-electron chi connectivity index (χ0n) is 14.4. The number of hydrogen-bond donors (Lipinski definition) is 1. The number of methoxy groups -OCH3 is 1. The summed E-state index contributed by atoms with van der Waals surface area (Å²) < 4.78 is 5.43. The van der Waals surface area contributed by atoms with Crippen molar-refractivity contribution >= 4 is 17.5 Å². The number of nitrogens with zero attached hydrogens (tertiary/aromatic N) is 1. The van der Waals surface area contributed by atoms with Crippen LogP contribution in [-0.2, 0) is 11.3 Å². The maximum atomic E-state index is 12.0. The van der Waals surface area contributed by atoms with Crippen LogP contribution in [0.5, 0.6) is 5.75 Å². The summed E-state index contributed by atoms with van der Waals surface area (Å²) >= 11 is 6.13. The molecule has 3 rings (SSSR count). The van der Waals surface area contributed by atoms with Crippen molar-refractivity contribution in [3.63, 3.8) is 0 Å². The number of carbonyl (C=O) groups is 1. The first-order valence-corrected chi connectivity index (χ1v) is 8.93. The van der Waals surface area contributed by atoms with E-state index in [0.29, 0.717) is 24.5 Å². The number of hydrogen-bond acceptors (Lipinski definition) is 3. The van der Waals surface area contributed by atoms with Crippen molar-refractivity contribution in [2.45, 2.75) is 25.4 Å². The van der Waals surface area contributed by atoms with E-state index in [1.165, 1.54) is 5.56 Å². The minimum absolute atomic E-state index is 0.0620. The topological polar surface area (TPSA) is 41.6 Å². The summed E-state index contributed by atoms with van der Waals surface area (Å²) in [4.78, 5) is 14.0. The summed E-state index contributed by atoms with van der Waals surface area (Å²) in [5.74, 6) is 1.05. The van der Waals surface area contributed by atoms with Crippen LogP contribution in [0.25, 0.3) is 0 Å². The minimum atomic E-state index is 0.0620. The number of carbonyl (C=O) groups excluding carboxylic acids is 1. The molecule has 1 atom stereocenters. The van der Waals surface area contributed by atoms with Gasteiger partial charge in [-0.15, -0.1) is 0 Å². The zero-order valence-corrected chi connectivity index (χ0v) is 15.1. The Bertz CT molecular complexity index is 721. The lowest BCUT2D eigenvalue weighted by molar-refractivity contribution is -0.128. The Labute approximate surface area is 153 Å². The molecule has 1 amide bonds. The van der Waals surface area contributed by atoms with E-state index in [-0.39, 0.29) is 11.9 Å². The first-order valence-electron chi connectivity index (χ1n) is 8.56. The van der Waals surface area contributed by atoms with E-state index < -0.39 is 0 Å². The lowest BCUT2D eigenvalue weighted by Gasteiger charge is -2.25. The molecule has 0 radical (unpaired) electrons. The highest BCUT2D eigenvalue weighted by atomic mass is 35.5. The monoisotopic (exact) mass is 358 g/mol.